The van der Waals surface area contributed by atoms with Gasteiger partial charge >= 0.3 is 0 Å². The molecule has 1 heterocycles. The van der Waals surface area contributed by atoms with Crippen LogP contribution in [0.3, 0.4) is 0 Å². The lowest BCUT2D eigenvalue weighted by atomic mass is 9.94. The van der Waals surface area contributed by atoms with Crippen molar-refractivity contribution in [2.75, 3.05) is 26.9 Å². The van der Waals surface area contributed by atoms with E-state index in [0.29, 0.717) is 17.5 Å². The minimum Gasteiger partial charge on any atom is -0.496 e. The van der Waals surface area contributed by atoms with E-state index in [1.165, 1.54) is 0 Å². The Balaban J connectivity index is 1.77. The van der Waals surface area contributed by atoms with Crippen molar-refractivity contribution in [1.29, 1.82) is 0 Å². The summed E-state index contributed by atoms with van der Waals surface area (Å²) in [6.45, 7) is 3.14. The smallest absolute Gasteiger partial charge is 0.124 e. The van der Waals surface area contributed by atoms with Crippen molar-refractivity contribution >= 4 is 11.6 Å². The molecular weight excluding hydrogens is 302 g/mol. The van der Waals surface area contributed by atoms with Crippen LogP contribution in [0.15, 0.2) is 18.2 Å². The van der Waals surface area contributed by atoms with Crippen LogP contribution in [0, 0.1) is 5.92 Å². The highest BCUT2D eigenvalue weighted by atomic mass is 35.5. The summed E-state index contributed by atoms with van der Waals surface area (Å²) in [6.07, 6.45) is 2.92. The number of morpholine rings is 1. The van der Waals surface area contributed by atoms with Gasteiger partial charge in [-0.25, -0.2) is 0 Å². The average molecular weight is 326 g/mol. The molecule has 1 saturated heterocycles. The summed E-state index contributed by atoms with van der Waals surface area (Å²) in [4.78, 5) is 2.43. The molecule has 1 N–H and O–H groups in total. The van der Waals surface area contributed by atoms with Gasteiger partial charge in [0, 0.05) is 35.6 Å². The van der Waals surface area contributed by atoms with Gasteiger partial charge < -0.3 is 14.6 Å². The fourth-order valence-corrected chi connectivity index (χ4v) is 3.90. The van der Waals surface area contributed by atoms with Crippen LogP contribution in [0.25, 0.3) is 0 Å². The van der Waals surface area contributed by atoms with Gasteiger partial charge in [0.2, 0.25) is 0 Å². The molecule has 3 atom stereocenters. The number of hydrogen-bond donors (Lipinski definition) is 1. The Morgan fingerprint density at radius 1 is 1.41 bits per heavy atom. The number of hydrogen-bond acceptors (Lipinski definition) is 4. The second kappa shape index (κ2) is 7.18. The van der Waals surface area contributed by atoms with E-state index in [1.54, 1.807) is 7.11 Å². The Hall–Kier alpha value is -0.810. The van der Waals surface area contributed by atoms with E-state index in [9.17, 15) is 5.11 Å². The fraction of sp³-hybridized carbons (Fsp3) is 0.647. The molecule has 122 valence electrons. The normalized spacial score (nSPS) is 29.7. The van der Waals surface area contributed by atoms with Crippen LogP contribution in [-0.2, 0) is 11.3 Å². The standard InChI is InChI=1S/C17H24ClNO3/c1-21-17-9-13(18)6-5-12(17)10-19-7-8-22-11-15(19)14-3-2-4-16(14)20/h5-6,9,14-16,20H,2-4,7-8,10-11H2,1H3/t14-,15-,16+/m1/s1. The number of rotatable bonds is 4. The maximum Gasteiger partial charge on any atom is 0.124 e. The van der Waals surface area contributed by atoms with Crippen molar-refractivity contribution in [3.05, 3.63) is 28.8 Å². The summed E-state index contributed by atoms with van der Waals surface area (Å²) in [5.41, 5.74) is 1.13. The Kier molecular flexibility index (Phi) is 5.24. The molecule has 0 amide bonds. The summed E-state index contributed by atoms with van der Waals surface area (Å²) in [6, 6.07) is 6.07. The molecule has 0 unspecified atom stereocenters. The first-order chi connectivity index (χ1) is 10.7. The lowest BCUT2D eigenvalue weighted by Crippen LogP contribution is -2.50. The maximum atomic E-state index is 10.2. The van der Waals surface area contributed by atoms with Crippen LogP contribution in [-0.4, -0.2) is 49.0 Å². The molecule has 2 fully saturated rings. The molecule has 5 heteroatoms. The average Bonchev–Trinajstić information content (AvgIpc) is 2.95. The summed E-state index contributed by atoms with van der Waals surface area (Å²) < 4.78 is 11.1. The van der Waals surface area contributed by atoms with Crippen molar-refractivity contribution in [2.45, 2.75) is 38.0 Å². The number of aliphatic hydroxyl groups is 1. The third kappa shape index (κ3) is 3.40. The molecule has 4 nitrogen and oxygen atoms in total. The van der Waals surface area contributed by atoms with Gasteiger partial charge in [-0.3, -0.25) is 4.90 Å². The van der Waals surface area contributed by atoms with Crippen LogP contribution in [0.1, 0.15) is 24.8 Å². The molecule has 3 rings (SSSR count). The molecule has 1 aromatic rings. The molecule has 1 aliphatic heterocycles. The molecule has 0 radical (unpaired) electrons. The molecule has 1 aromatic carbocycles. The number of aliphatic hydroxyl groups excluding tert-OH is 1. The number of methoxy groups -OCH3 is 1. The lowest BCUT2D eigenvalue weighted by Gasteiger charge is -2.40. The second-order valence-corrected chi connectivity index (χ2v) is 6.67. The fourth-order valence-electron chi connectivity index (χ4n) is 3.73. The van der Waals surface area contributed by atoms with Gasteiger partial charge in [-0.05, 0) is 25.0 Å². The van der Waals surface area contributed by atoms with Crippen molar-refractivity contribution in [3.8, 4) is 5.75 Å². The van der Waals surface area contributed by atoms with E-state index in [1.807, 2.05) is 18.2 Å². The lowest BCUT2D eigenvalue weighted by molar-refractivity contribution is -0.0538. The van der Waals surface area contributed by atoms with E-state index in [-0.39, 0.29) is 12.1 Å². The van der Waals surface area contributed by atoms with E-state index in [2.05, 4.69) is 4.90 Å². The van der Waals surface area contributed by atoms with E-state index in [0.717, 1.165) is 50.3 Å². The number of halogens is 1. The van der Waals surface area contributed by atoms with Gasteiger partial charge in [0.05, 0.1) is 26.4 Å². The van der Waals surface area contributed by atoms with Crippen LogP contribution in [0.4, 0.5) is 0 Å². The molecule has 22 heavy (non-hydrogen) atoms. The predicted octanol–water partition coefficient (Wildman–Crippen LogP) is 2.71. The monoisotopic (exact) mass is 325 g/mol. The van der Waals surface area contributed by atoms with E-state index < -0.39 is 0 Å². The van der Waals surface area contributed by atoms with E-state index in [4.69, 9.17) is 21.1 Å². The highest BCUT2D eigenvalue weighted by molar-refractivity contribution is 6.30. The van der Waals surface area contributed by atoms with Crippen LogP contribution in [0.5, 0.6) is 5.75 Å². The number of nitrogens with zero attached hydrogens (tertiary/aromatic N) is 1. The Bertz CT molecular complexity index is 511. The number of ether oxygens (including phenoxy) is 2. The van der Waals surface area contributed by atoms with Gasteiger partial charge in [-0.1, -0.05) is 24.1 Å². The van der Waals surface area contributed by atoms with Crippen molar-refractivity contribution in [3.63, 3.8) is 0 Å². The van der Waals surface area contributed by atoms with Gasteiger partial charge in [-0.15, -0.1) is 0 Å². The number of benzene rings is 1. The Morgan fingerprint density at radius 2 is 2.27 bits per heavy atom. The summed E-state index contributed by atoms with van der Waals surface area (Å²) in [5, 5.41) is 10.9. The first-order valence-corrected chi connectivity index (χ1v) is 8.39. The summed E-state index contributed by atoms with van der Waals surface area (Å²) >= 11 is 6.04. The highest BCUT2D eigenvalue weighted by Gasteiger charge is 2.37. The molecular formula is C17H24ClNO3. The van der Waals surface area contributed by atoms with Gasteiger partial charge in [-0.2, -0.15) is 0 Å². The van der Waals surface area contributed by atoms with Crippen LogP contribution < -0.4 is 4.74 Å². The Morgan fingerprint density at radius 3 is 3.00 bits per heavy atom. The predicted molar refractivity (Wildman–Crippen MR) is 86.4 cm³/mol. The minimum absolute atomic E-state index is 0.193. The molecule has 0 bridgehead atoms. The highest BCUT2D eigenvalue weighted by Crippen LogP contribution is 2.34. The van der Waals surface area contributed by atoms with Gasteiger partial charge in [0.1, 0.15) is 5.75 Å². The van der Waals surface area contributed by atoms with E-state index >= 15 is 0 Å². The van der Waals surface area contributed by atoms with Crippen molar-refractivity contribution in [1.82, 2.24) is 4.90 Å². The maximum absolute atomic E-state index is 10.2. The molecule has 1 aliphatic carbocycles. The van der Waals surface area contributed by atoms with Gasteiger partial charge in [0.15, 0.2) is 0 Å². The summed E-state index contributed by atoms with van der Waals surface area (Å²) in [5.74, 6) is 1.14. The zero-order chi connectivity index (χ0) is 15.5. The van der Waals surface area contributed by atoms with Crippen LogP contribution in [0.2, 0.25) is 5.02 Å². The topological polar surface area (TPSA) is 41.9 Å². The van der Waals surface area contributed by atoms with Crippen molar-refractivity contribution in [2.24, 2.45) is 5.92 Å². The minimum atomic E-state index is -0.193. The largest absolute Gasteiger partial charge is 0.496 e. The molecule has 0 spiro atoms. The second-order valence-electron chi connectivity index (χ2n) is 6.23. The molecule has 0 aromatic heterocycles. The SMILES string of the molecule is COc1cc(Cl)ccc1CN1CCOC[C@@H]1[C@H]1CCC[C@@H]1O. The third-order valence-corrected chi connectivity index (χ3v) is 5.16. The first-order valence-electron chi connectivity index (χ1n) is 8.01. The van der Waals surface area contributed by atoms with Gasteiger partial charge in [0.25, 0.3) is 0 Å². The van der Waals surface area contributed by atoms with Crippen LogP contribution >= 0.6 is 11.6 Å². The zero-order valence-electron chi connectivity index (χ0n) is 13.0. The summed E-state index contributed by atoms with van der Waals surface area (Å²) in [7, 11) is 1.67. The first kappa shape index (κ1) is 16.1. The zero-order valence-corrected chi connectivity index (χ0v) is 13.8. The third-order valence-electron chi connectivity index (χ3n) is 4.93. The quantitative estimate of drug-likeness (QED) is 0.924. The Labute approximate surface area is 137 Å². The molecule has 2 aliphatic rings. The molecule has 1 saturated carbocycles. The van der Waals surface area contributed by atoms with Crippen molar-refractivity contribution < 1.29 is 14.6 Å².